The predicted octanol–water partition coefficient (Wildman–Crippen LogP) is 2.77. The summed E-state index contributed by atoms with van der Waals surface area (Å²) in [4.78, 5) is 3.50. The van der Waals surface area contributed by atoms with Gasteiger partial charge in [0.2, 0.25) is 0 Å². The van der Waals surface area contributed by atoms with E-state index < -0.39 is 18.6 Å². The molecule has 0 aliphatic carbocycles. The summed E-state index contributed by atoms with van der Waals surface area (Å²) in [5.74, 6) is -0.939. The zero-order valence-corrected chi connectivity index (χ0v) is 8.76. The average Bonchev–Trinajstić information content (AvgIpc) is 2.05. The topological polar surface area (TPSA) is 22.1 Å². The van der Waals surface area contributed by atoms with Crippen molar-refractivity contribution < 1.29 is 22.3 Å². The van der Waals surface area contributed by atoms with Crippen LogP contribution in [0.25, 0.3) is 0 Å². The Morgan fingerprint density at radius 3 is 2.64 bits per heavy atom. The predicted molar refractivity (Wildman–Crippen MR) is 48.5 cm³/mol. The summed E-state index contributed by atoms with van der Waals surface area (Å²) in [6.45, 7) is -1.45. The van der Waals surface area contributed by atoms with Crippen LogP contribution in [0, 0.1) is 9.52 Å². The summed E-state index contributed by atoms with van der Waals surface area (Å²) >= 11 is 1.66. The SMILES string of the molecule is Fc1cnc(I)c(OCC(F)(F)F)c1. The maximum absolute atomic E-state index is 12.5. The van der Waals surface area contributed by atoms with E-state index in [-0.39, 0.29) is 9.45 Å². The van der Waals surface area contributed by atoms with Gasteiger partial charge in [-0.2, -0.15) is 13.2 Å². The highest BCUT2D eigenvalue weighted by Gasteiger charge is 2.28. The Bertz CT molecular complexity index is 328. The molecule has 0 saturated carbocycles. The number of pyridine rings is 1. The molecule has 0 aliphatic heterocycles. The van der Waals surface area contributed by atoms with E-state index in [2.05, 4.69) is 9.72 Å². The van der Waals surface area contributed by atoms with Crippen LogP contribution in [-0.4, -0.2) is 17.8 Å². The third kappa shape index (κ3) is 3.64. The van der Waals surface area contributed by atoms with Crippen molar-refractivity contribution in [2.75, 3.05) is 6.61 Å². The standard InChI is InChI=1S/C7H4F4INO/c8-4-1-5(6(12)13-2-4)14-3-7(9,10)11/h1-2H,3H2. The molecule has 7 heteroatoms. The number of hydrogen-bond donors (Lipinski definition) is 0. The monoisotopic (exact) mass is 321 g/mol. The van der Waals surface area contributed by atoms with Gasteiger partial charge in [0.1, 0.15) is 9.52 Å². The molecule has 1 rings (SSSR count). The van der Waals surface area contributed by atoms with Gasteiger partial charge in [-0.1, -0.05) is 0 Å². The minimum absolute atomic E-state index is 0.188. The lowest BCUT2D eigenvalue weighted by Gasteiger charge is -2.09. The van der Waals surface area contributed by atoms with Gasteiger partial charge in [0.05, 0.1) is 6.20 Å². The number of alkyl halides is 3. The lowest BCUT2D eigenvalue weighted by Crippen LogP contribution is -2.19. The smallest absolute Gasteiger partial charge is 0.422 e. The van der Waals surface area contributed by atoms with Crippen LogP contribution in [0.2, 0.25) is 0 Å². The van der Waals surface area contributed by atoms with Gasteiger partial charge < -0.3 is 4.74 Å². The van der Waals surface area contributed by atoms with E-state index in [0.29, 0.717) is 0 Å². The first kappa shape index (κ1) is 11.5. The first-order chi connectivity index (χ1) is 6.38. The molecule has 0 radical (unpaired) electrons. The van der Waals surface area contributed by atoms with Gasteiger partial charge in [-0.05, 0) is 22.6 Å². The van der Waals surface area contributed by atoms with E-state index in [0.717, 1.165) is 12.3 Å². The fourth-order valence-corrected chi connectivity index (χ4v) is 1.12. The molecule has 78 valence electrons. The van der Waals surface area contributed by atoms with E-state index in [1.54, 1.807) is 22.6 Å². The Balaban J connectivity index is 2.72. The van der Waals surface area contributed by atoms with Crippen LogP contribution in [0.3, 0.4) is 0 Å². The fraction of sp³-hybridized carbons (Fsp3) is 0.286. The normalized spacial score (nSPS) is 11.5. The molecule has 0 unspecified atom stereocenters. The lowest BCUT2D eigenvalue weighted by atomic mass is 10.4. The highest BCUT2D eigenvalue weighted by Crippen LogP contribution is 2.22. The highest BCUT2D eigenvalue weighted by molar-refractivity contribution is 14.1. The number of aromatic nitrogens is 1. The van der Waals surface area contributed by atoms with E-state index >= 15 is 0 Å². The Hall–Kier alpha value is -0.600. The van der Waals surface area contributed by atoms with Crippen LogP contribution in [0.4, 0.5) is 17.6 Å². The molecule has 1 heterocycles. The molecular weight excluding hydrogens is 317 g/mol. The number of hydrogen-bond acceptors (Lipinski definition) is 2. The quantitative estimate of drug-likeness (QED) is 0.475. The van der Waals surface area contributed by atoms with Crippen LogP contribution < -0.4 is 4.74 Å². The molecular formula is C7H4F4INO. The molecule has 0 aliphatic rings. The van der Waals surface area contributed by atoms with Crippen LogP contribution in [0.1, 0.15) is 0 Å². The Morgan fingerprint density at radius 2 is 2.07 bits per heavy atom. The van der Waals surface area contributed by atoms with Crippen molar-refractivity contribution in [2.45, 2.75) is 6.18 Å². The van der Waals surface area contributed by atoms with Crippen LogP contribution in [-0.2, 0) is 0 Å². The summed E-state index contributed by atoms with van der Waals surface area (Å²) in [6.07, 6.45) is -3.53. The van der Waals surface area contributed by atoms with Crippen LogP contribution >= 0.6 is 22.6 Å². The Morgan fingerprint density at radius 1 is 1.43 bits per heavy atom. The van der Waals surface area contributed by atoms with Gasteiger partial charge in [0.15, 0.2) is 12.4 Å². The molecule has 0 fully saturated rings. The van der Waals surface area contributed by atoms with Crippen molar-refractivity contribution >= 4 is 22.6 Å². The van der Waals surface area contributed by atoms with Crippen molar-refractivity contribution in [3.05, 3.63) is 21.8 Å². The summed E-state index contributed by atoms with van der Waals surface area (Å²) in [5.41, 5.74) is 0. The molecule has 1 aromatic heterocycles. The van der Waals surface area contributed by atoms with E-state index in [9.17, 15) is 17.6 Å². The molecule has 1 aromatic rings. The lowest BCUT2D eigenvalue weighted by molar-refractivity contribution is -0.153. The van der Waals surface area contributed by atoms with Crippen molar-refractivity contribution in [1.82, 2.24) is 4.98 Å². The second kappa shape index (κ2) is 4.28. The zero-order valence-electron chi connectivity index (χ0n) is 6.61. The third-order valence-electron chi connectivity index (χ3n) is 1.16. The molecule has 14 heavy (non-hydrogen) atoms. The van der Waals surface area contributed by atoms with E-state index in [1.165, 1.54) is 0 Å². The summed E-state index contributed by atoms with van der Waals surface area (Å²) in [7, 11) is 0. The van der Waals surface area contributed by atoms with Gasteiger partial charge >= 0.3 is 6.18 Å². The van der Waals surface area contributed by atoms with Gasteiger partial charge in [0, 0.05) is 6.07 Å². The molecule has 0 amide bonds. The van der Waals surface area contributed by atoms with Crippen molar-refractivity contribution in [1.29, 1.82) is 0 Å². The highest BCUT2D eigenvalue weighted by atomic mass is 127. The molecule has 0 atom stereocenters. The minimum Gasteiger partial charge on any atom is -0.481 e. The molecule has 0 saturated heterocycles. The van der Waals surface area contributed by atoms with Crippen LogP contribution in [0.5, 0.6) is 5.75 Å². The molecule has 2 nitrogen and oxygen atoms in total. The number of rotatable bonds is 2. The molecule has 0 bridgehead atoms. The average molecular weight is 321 g/mol. The molecule has 0 aromatic carbocycles. The molecule has 0 spiro atoms. The summed E-state index contributed by atoms with van der Waals surface area (Å²) in [6, 6.07) is 0.862. The Kier molecular flexibility index (Phi) is 3.51. The number of nitrogens with zero attached hydrogens (tertiary/aromatic N) is 1. The Labute approximate surface area is 90.4 Å². The minimum atomic E-state index is -4.44. The second-order valence-corrected chi connectivity index (χ2v) is 3.37. The van der Waals surface area contributed by atoms with Crippen molar-refractivity contribution in [3.63, 3.8) is 0 Å². The summed E-state index contributed by atoms with van der Waals surface area (Å²) in [5, 5.41) is 0. The van der Waals surface area contributed by atoms with E-state index in [1.807, 2.05) is 0 Å². The van der Waals surface area contributed by atoms with Gasteiger partial charge in [-0.15, -0.1) is 0 Å². The largest absolute Gasteiger partial charge is 0.481 e. The first-order valence-electron chi connectivity index (χ1n) is 3.39. The third-order valence-corrected chi connectivity index (χ3v) is 1.98. The van der Waals surface area contributed by atoms with Crippen molar-refractivity contribution in [2.24, 2.45) is 0 Å². The first-order valence-corrected chi connectivity index (χ1v) is 4.47. The summed E-state index contributed by atoms with van der Waals surface area (Å²) < 4.78 is 52.3. The number of halogens is 5. The van der Waals surface area contributed by atoms with Gasteiger partial charge in [-0.3, -0.25) is 0 Å². The maximum atomic E-state index is 12.5. The van der Waals surface area contributed by atoms with E-state index in [4.69, 9.17) is 0 Å². The second-order valence-electron chi connectivity index (χ2n) is 2.35. The van der Waals surface area contributed by atoms with Gasteiger partial charge in [0.25, 0.3) is 0 Å². The van der Waals surface area contributed by atoms with Gasteiger partial charge in [-0.25, -0.2) is 9.37 Å². The fourth-order valence-electron chi connectivity index (χ4n) is 0.665. The van der Waals surface area contributed by atoms with Crippen LogP contribution in [0.15, 0.2) is 12.3 Å². The maximum Gasteiger partial charge on any atom is 0.422 e. The molecule has 0 N–H and O–H groups in total. The number of ether oxygens (including phenoxy) is 1. The zero-order chi connectivity index (χ0) is 10.8. The van der Waals surface area contributed by atoms with Crippen molar-refractivity contribution in [3.8, 4) is 5.75 Å².